The molecular formula is C14H16N4O3. The molecule has 0 saturated carbocycles. The van der Waals surface area contributed by atoms with Crippen LogP contribution in [0.4, 0.5) is 5.69 Å². The Labute approximate surface area is 121 Å². The third kappa shape index (κ3) is 1.97. The number of nitro benzene ring substituents is 1. The fourth-order valence-corrected chi connectivity index (χ4v) is 3.97. The number of benzene rings is 1. The highest BCUT2D eigenvalue weighted by atomic mass is 16.6. The van der Waals surface area contributed by atoms with Crippen LogP contribution in [0.15, 0.2) is 24.3 Å². The molecule has 0 atom stereocenters. The lowest BCUT2D eigenvalue weighted by molar-refractivity contribution is -0.384. The van der Waals surface area contributed by atoms with Crippen molar-refractivity contribution in [2.45, 2.75) is 0 Å². The van der Waals surface area contributed by atoms with Gasteiger partial charge in [0.2, 0.25) is 0 Å². The van der Waals surface area contributed by atoms with Crippen LogP contribution >= 0.6 is 0 Å². The molecule has 4 bridgehead atoms. The zero-order valence-corrected chi connectivity index (χ0v) is 11.6. The van der Waals surface area contributed by atoms with E-state index in [0.717, 1.165) is 39.6 Å². The molecule has 4 aliphatic rings. The summed E-state index contributed by atoms with van der Waals surface area (Å²) in [4.78, 5) is 30.1. The molecule has 7 heteroatoms. The van der Waals surface area contributed by atoms with Crippen LogP contribution in [-0.4, -0.2) is 65.0 Å². The number of carbonyl (C=O) groups is 1. The highest BCUT2D eigenvalue weighted by Crippen LogP contribution is 2.38. The molecule has 110 valence electrons. The van der Waals surface area contributed by atoms with Gasteiger partial charge in [0, 0.05) is 37.3 Å². The molecule has 21 heavy (non-hydrogen) atoms. The third-order valence-electron chi connectivity index (χ3n) is 4.60. The van der Waals surface area contributed by atoms with E-state index in [4.69, 9.17) is 0 Å². The first kappa shape index (κ1) is 12.9. The molecular weight excluding hydrogens is 272 g/mol. The van der Waals surface area contributed by atoms with Gasteiger partial charge in [0.25, 0.3) is 5.69 Å². The van der Waals surface area contributed by atoms with E-state index in [1.54, 1.807) is 12.1 Å². The fourth-order valence-electron chi connectivity index (χ4n) is 3.97. The molecule has 5 rings (SSSR count). The van der Waals surface area contributed by atoms with Crippen molar-refractivity contribution in [3.8, 4) is 0 Å². The van der Waals surface area contributed by atoms with Crippen molar-refractivity contribution in [1.29, 1.82) is 0 Å². The Morgan fingerprint density at radius 2 is 1.48 bits per heavy atom. The highest BCUT2D eigenvalue weighted by molar-refractivity contribution is 6.01. The zero-order valence-electron chi connectivity index (χ0n) is 11.6. The number of hydrogen-bond acceptors (Lipinski definition) is 6. The first-order valence-corrected chi connectivity index (χ1v) is 7.02. The smallest absolute Gasteiger partial charge is 0.269 e. The maximum atomic E-state index is 12.9. The van der Waals surface area contributed by atoms with Crippen LogP contribution in [0.5, 0.6) is 0 Å². The molecule has 0 N–H and O–H groups in total. The van der Waals surface area contributed by atoms with E-state index < -0.39 is 4.92 Å². The van der Waals surface area contributed by atoms with E-state index in [2.05, 4.69) is 14.7 Å². The summed E-state index contributed by atoms with van der Waals surface area (Å²) in [5.74, 6) is 0.108. The van der Waals surface area contributed by atoms with Crippen molar-refractivity contribution in [3.05, 3.63) is 39.9 Å². The monoisotopic (exact) mass is 288 g/mol. The molecule has 7 nitrogen and oxygen atoms in total. The standard InChI is InChI=1S/C14H16N4O3/c19-13(11-1-3-12(4-2-11)18(20)21)14-5-15-8-16(6-14)10-17(7-14)9-15/h1-4H,5-10H2. The molecule has 0 amide bonds. The molecule has 4 saturated heterocycles. The molecule has 0 radical (unpaired) electrons. The second kappa shape index (κ2) is 4.33. The molecule has 1 aromatic carbocycles. The third-order valence-corrected chi connectivity index (χ3v) is 4.60. The maximum absolute atomic E-state index is 12.9. The molecule has 4 heterocycles. The molecule has 4 fully saturated rings. The van der Waals surface area contributed by atoms with Crippen LogP contribution in [0.2, 0.25) is 0 Å². The molecule has 0 spiro atoms. The number of carbonyl (C=O) groups excluding carboxylic acids is 1. The van der Waals surface area contributed by atoms with E-state index in [1.165, 1.54) is 12.1 Å². The predicted molar refractivity (Wildman–Crippen MR) is 74.6 cm³/mol. The van der Waals surface area contributed by atoms with Crippen molar-refractivity contribution >= 4 is 11.5 Å². The van der Waals surface area contributed by atoms with Gasteiger partial charge in [0.05, 0.1) is 30.3 Å². The summed E-state index contributed by atoms with van der Waals surface area (Å²) in [5.41, 5.74) is 0.213. The van der Waals surface area contributed by atoms with Gasteiger partial charge in [-0.15, -0.1) is 0 Å². The Hall–Kier alpha value is -1.83. The van der Waals surface area contributed by atoms with Crippen LogP contribution in [0.1, 0.15) is 10.4 Å². The lowest BCUT2D eigenvalue weighted by Gasteiger charge is -2.59. The largest absolute Gasteiger partial charge is 0.293 e. The van der Waals surface area contributed by atoms with E-state index >= 15 is 0 Å². The normalized spacial score (nSPS) is 36.7. The van der Waals surface area contributed by atoms with Crippen LogP contribution < -0.4 is 0 Å². The van der Waals surface area contributed by atoms with Gasteiger partial charge in [-0.3, -0.25) is 29.6 Å². The Morgan fingerprint density at radius 3 is 1.90 bits per heavy atom. The SMILES string of the molecule is O=C(c1ccc([N+](=O)[O-])cc1)C12CN3CN(CN(C3)C1)C2. The van der Waals surface area contributed by atoms with Crippen LogP contribution in [0.25, 0.3) is 0 Å². The molecule has 0 unspecified atom stereocenters. The zero-order chi connectivity index (χ0) is 14.6. The second-order valence-electron chi connectivity index (χ2n) is 6.32. The topological polar surface area (TPSA) is 69.9 Å². The minimum Gasteiger partial charge on any atom is -0.293 e. The average molecular weight is 288 g/mol. The van der Waals surface area contributed by atoms with Crippen molar-refractivity contribution < 1.29 is 9.72 Å². The van der Waals surface area contributed by atoms with Gasteiger partial charge in [-0.2, -0.15) is 0 Å². The second-order valence-corrected chi connectivity index (χ2v) is 6.32. The summed E-state index contributed by atoms with van der Waals surface area (Å²) >= 11 is 0. The molecule has 1 aromatic rings. The quantitative estimate of drug-likeness (QED) is 0.460. The number of rotatable bonds is 3. The molecule has 0 aromatic heterocycles. The lowest BCUT2D eigenvalue weighted by Crippen LogP contribution is -2.74. The highest BCUT2D eigenvalue weighted by Gasteiger charge is 2.52. The van der Waals surface area contributed by atoms with Crippen molar-refractivity contribution in [3.63, 3.8) is 0 Å². The van der Waals surface area contributed by atoms with Crippen molar-refractivity contribution in [1.82, 2.24) is 14.7 Å². The summed E-state index contributed by atoms with van der Waals surface area (Å²) in [5, 5.41) is 10.7. The number of nitrogens with zero attached hydrogens (tertiary/aromatic N) is 4. The number of ketones is 1. The van der Waals surface area contributed by atoms with Crippen LogP contribution in [0, 0.1) is 15.5 Å². The first-order valence-electron chi connectivity index (χ1n) is 7.02. The van der Waals surface area contributed by atoms with Gasteiger partial charge >= 0.3 is 0 Å². The number of hydrogen-bond donors (Lipinski definition) is 0. The van der Waals surface area contributed by atoms with E-state index in [0.29, 0.717) is 5.56 Å². The lowest BCUT2D eigenvalue weighted by atomic mass is 9.75. The minimum absolute atomic E-state index is 0.0216. The summed E-state index contributed by atoms with van der Waals surface area (Å²) < 4.78 is 0. The summed E-state index contributed by atoms with van der Waals surface area (Å²) in [7, 11) is 0. The van der Waals surface area contributed by atoms with Gasteiger partial charge in [-0.25, -0.2) is 0 Å². The Kier molecular flexibility index (Phi) is 2.66. The number of Topliss-reactive ketones (excluding diaryl/α,β-unsaturated/α-hetero) is 1. The van der Waals surface area contributed by atoms with Crippen LogP contribution in [-0.2, 0) is 0 Å². The Morgan fingerprint density at radius 1 is 1.00 bits per heavy atom. The average Bonchev–Trinajstić information content (AvgIpc) is 2.45. The van der Waals surface area contributed by atoms with Crippen LogP contribution in [0.3, 0.4) is 0 Å². The molecule has 0 aliphatic carbocycles. The Balaban J connectivity index is 1.63. The summed E-state index contributed by atoms with van der Waals surface area (Å²) in [6.07, 6.45) is 0. The van der Waals surface area contributed by atoms with Gasteiger partial charge in [0.1, 0.15) is 0 Å². The van der Waals surface area contributed by atoms with E-state index in [1.807, 2.05) is 0 Å². The number of non-ortho nitro benzene ring substituents is 1. The van der Waals surface area contributed by atoms with Crippen molar-refractivity contribution in [2.24, 2.45) is 5.41 Å². The summed E-state index contributed by atoms with van der Waals surface area (Å²) in [6, 6.07) is 5.99. The van der Waals surface area contributed by atoms with Gasteiger partial charge in [0.15, 0.2) is 5.78 Å². The maximum Gasteiger partial charge on any atom is 0.269 e. The predicted octanol–water partition coefficient (Wildman–Crippen LogP) is 0.583. The summed E-state index contributed by atoms with van der Waals surface area (Å²) in [6.45, 7) is 5.17. The molecule has 4 aliphatic heterocycles. The first-order chi connectivity index (χ1) is 10.1. The minimum atomic E-state index is -0.442. The van der Waals surface area contributed by atoms with Gasteiger partial charge < -0.3 is 0 Å². The fraction of sp³-hybridized carbons (Fsp3) is 0.500. The number of nitro groups is 1. The van der Waals surface area contributed by atoms with Gasteiger partial charge in [-0.1, -0.05) is 0 Å². The van der Waals surface area contributed by atoms with E-state index in [-0.39, 0.29) is 16.9 Å². The van der Waals surface area contributed by atoms with E-state index in [9.17, 15) is 14.9 Å². The van der Waals surface area contributed by atoms with Crippen molar-refractivity contribution in [2.75, 3.05) is 39.6 Å². The van der Waals surface area contributed by atoms with Gasteiger partial charge in [-0.05, 0) is 12.1 Å². The Bertz CT molecular complexity index is 578.